The number of anilines is 1. The van der Waals surface area contributed by atoms with Gasteiger partial charge < -0.3 is 25.0 Å². The van der Waals surface area contributed by atoms with E-state index in [4.69, 9.17) is 9.72 Å². The monoisotopic (exact) mass is 552 g/mol. The molecule has 0 bridgehead atoms. The Morgan fingerprint density at radius 1 is 1.12 bits per heavy atom. The van der Waals surface area contributed by atoms with Gasteiger partial charge in [0.2, 0.25) is 5.95 Å². The van der Waals surface area contributed by atoms with Crippen molar-refractivity contribution in [3.05, 3.63) is 77.7 Å². The Bertz CT molecular complexity index is 1480. The van der Waals surface area contributed by atoms with E-state index in [9.17, 15) is 23.1 Å². The Balaban J connectivity index is 1.47. The first-order chi connectivity index (χ1) is 19.2. The first-order valence-corrected chi connectivity index (χ1v) is 12.7. The number of hydrogen-bond acceptors (Lipinski definition) is 6. The number of methoxy groups -OCH3 is 1. The zero-order valence-electron chi connectivity index (χ0n) is 21.6. The fourth-order valence-corrected chi connectivity index (χ4v) is 4.67. The molecule has 1 saturated heterocycles. The Kier molecular flexibility index (Phi) is 7.58. The molecule has 12 heteroatoms. The van der Waals surface area contributed by atoms with Gasteiger partial charge >= 0.3 is 12.3 Å². The van der Waals surface area contributed by atoms with E-state index in [2.05, 4.69) is 20.3 Å². The number of carbonyl (C=O) groups is 1. The summed E-state index contributed by atoms with van der Waals surface area (Å²) in [5.74, 6) is 1.59. The van der Waals surface area contributed by atoms with Gasteiger partial charge in [-0.2, -0.15) is 13.2 Å². The molecule has 0 unspecified atom stereocenters. The van der Waals surface area contributed by atoms with E-state index >= 15 is 0 Å². The molecule has 2 aromatic heterocycles. The van der Waals surface area contributed by atoms with Crippen molar-refractivity contribution >= 4 is 12.0 Å². The summed E-state index contributed by atoms with van der Waals surface area (Å²) in [5.41, 5.74) is 1.75. The number of imidazole rings is 1. The SMILES string of the molecule is COc1ccc(CNc2nccc(-c3[nH]c(C4CCN(C(=O)O)CC4)nc3-c3cccc(C(F)(F)F)c3)n2)cc1. The lowest BCUT2D eigenvalue weighted by molar-refractivity contribution is -0.137. The van der Waals surface area contributed by atoms with Crippen molar-refractivity contribution < 1.29 is 27.8 Å². The number of likely N-dealkylation sites (tertiary alicyclic amines) is 1. The predicted molar refractivity (Wildman–Crippen MR) is 142 cm³/mol. The fourth-order valence-electron chi connectivity index (χ4n) is 4.67. The number of rotatable bonds is 7. The van der Waals surface area contributed by atoms with Gasteiger partial charge in [-0.15, -0.1) is 0 Å². The second kappa shape index (κ2) is 11.2. The molecule has 0 saturated carbocycles. The number of aromatic amines is 1. The highest BCUT2D eigenvalue weighted by atomic mass is 19.4. The number of alkyl halides is 3. The highest BCUT2D eigenvalue weighted by Gasteiger charge is 2.32. The van der Waals surface area contributed by atoms with Gasteiger partial charge in [-0.3, -0.25) is 0 Å². The smallest absolute Gasteiger partial charge is 0.416 e. The van der Waals surface area contributed by atoms with Crippen LogP contribution in [-0.4, -0.2) is 56.2 Å². The molecule has 0 spiro atoms. The summed E-state index contributed by atoms with van der Waals surface area (Å²) in [7, 11) is 1.60. The van der Waals surface area contributed by atoms with Crippen LogP contribution < -0.4 is 10.1 Å². The number of ether oxygens (including phenoxy) is 1. The maximum atomic E-state index is 13.5. The standard InChI is InChI=1S/C28H27F3N6O3/c1-40-21-7-5-17(6-8-21)16-33-26-32-12-9-22(34-26)24-23(19-3-2-4-20(15-19)28(29,30)31)35-25(36-24)18-10-13-37(14-11-18)27(38)39/h2-9,12,15,18H,10-11,13-14,16H2,1H3,(H,35,36)(H,38,39)(H,32,33,34). The highest BCUT2D eigenvalue weighted by molar-refractivity contribution is 5.77. The second-order valence-corrected chi connectivity index (χ2v) is 9.44. The molecule has 1 fully saturated rings. The van der Waals surface area contributed by atoms with Crippen LogP contribution in [0, 0.1) is 0 Å². The molecule has 1 amide bonds. The lowest BCUT2D eigenvalue weighted by atomic mass is 9.96. The third kappa shape index (κ3) is 6.00. The molecule has 9 nitrogen and oxygen atoms in total. The van der Waals surface area contributed by atoms with Gasteiger partial charge in [0.05, 0.1) is 29.8 Å². The van der Waals surface area contributed by atoms with Crippen LogP contribution in [0.15, 0.2) is 60.8 Å². The number of amides is 1. The molecule has 5 rings (SSSR count). The van der Waals surface area contributed by atoms with Crippen molar-refractivity contribution in [3.63, 3.8) is 0 Å². The number of aromatic nitrogens is 4. The van der Waals surface area contributed by atoms with Gasteiger partial charge in [-0.05, 0) is 48.7 Å². The summed E-state index contributed by atoms with van der Waals surface area (Å²) in [6, 6.07) is 14.2. The van der Waals surface area contributed by atoms with Crippen molar-refractivity contribution in [3.8, 4) is 28.4 Å². The van der Waals surface area contributed by atoms with E-state index in [1.165, 1.54) is 11.0 Å². The van der Waals surface area contributed by atoms with E-state index in [1.807, 2.05) is 24.3 Å². The van der Waals surface area contributed by atoms with Crippen molar-refractivity contribution in [1.82, 2.24) is 24.8 Å². The average Bonchev–Trinajstić information content (AvgIpc) is 3.42. The van der Waals surface area contributed by atoms with Crippen LogP contribution in [0.2, 0.25) is 0 Å². The summed E-state index contributed by atoms with van der Waals surface area (Å²) < 4.78 is 45.7. The van der Waals surface area contributed by atoms with E-state index in [0.29, 0.717) is 66.9 Å². The third-order valence-electron chi connectivity index (χ3n) is 6.86. The average molecular weight is 553 g/mol. The van der Waals surface area contributed by atoms with E-state index < -0.39 is 17.8 Å². The summed E-state index contributed by atoms with van der Waals surface area (Å²) in [6.07, 6.45) is -2.83. The second-order valence-electron chi connectivity index (χ2n) is 9.44. The number of piperidine rings is 1. The summed E-state index contributed by atoms with van der Waals surface area (Å²) in [6.45, 7) is 1.15. The van der Waals surface area contributed by atoms with Crippen LogP contribution >= 0.6 is 0 Å². The number of carboxylic acid groups (broad SMARTS) is 1. The van der Waals surface area contributed by atoms with Crippen LogP contribution in [0.3, 0.4) is 0 Å². The molecule has 1 aliphatic rings. The largest absolute Gasteiger partial charge is 0.497 e. The number of nitrogens with zero attached hydrogens (tertiary/aromatic N) is 4. The minimum atomic E-state index is -4.51. The van der Waals surface area contributed by atoms with Crippen LogP contribution in [-0.2, 0) is 12.7 Å². The van der Waals surface area contributed by atoms with E-state index in [1.54, 1.807) is 25.4 Å². The van der Waals surface area contributed by atoms with Gasteiger partial charge in [0.1, 0.15) is 11.6 Å². The Labute approximate surface area is 228 Å². The number of nitrogens with one attached hydrogen (secondary N) is 2. The molecule has 4 aromatic rings. The molecule has 0 aliphatic carbocycles. The predicted octanol–water partition coefficient (Wildman–Crippen LogP) is 6.03. The van der Waals surface area contributed by atoms with Crippen molar-refractivity contribution in [2.45, 2.75) is 31.5 Å². The van der Waals surface area contributed by atoms with Crippen molar-refractivity contribution in [2.24, 2.45) is 0 Å². The summed E-state index contributed by atoms with van der Waals surface area (Å²) in [4.78, 5) is 29.6. The van der Waals surface area contributed by atoms with Crippen LogP contribution in [0.25, 0.3) is 22.6 Å². The first-order valence-electron chi connectivity index (χ1n) is 12.7. The van der Waals surface area contributed by atoms with Gasteiger partial charge in [0.25, 0.3) is 0 Å². The molecule has 208 valence electrons. The van der Waals surface area contributed by atoms with Gasteiger partial charge in [0.15, 0.2) is 0 Å². The minimum Gasteiger partial charge on any atom is -0.497 e. The molecule has 0 radical (unpaired) electrons. The molecule has 3 N–H and O–H groups in total. The molecule has 3 heterocycles. The van der Waals surface area contributed by atoms with E-state index in [0.717, 1.165) is 23.4 Å². The van der Waals surface area contributed by atoms with Gasteiger partial charge in [0, 0.05) is 37.3 Å². The maximum Gasteiger partial charge on any atom is 0.416 e. The number of benzene rings is 2. The Morgan fingerprint density at radius 3 is 2.55 bits per heavy atom. The lowest BCUT2D eigenvalue weighted by Gasteiger charge is -2.28. The normalized spacial score (nSPS) is 14.2. The lowest BCUT2D eigenvalue weighted by Crippen LogP contribution is -2.37. The quantitative estimate of drug-likeness (QED) is 0.256. The maximum absolute atomic E-state index is 13.5. The van der Waals surface area contributed by atoms with Crippen molar-refractivity contribution in [1.29, 1.82) is 0 Å². The van der Waals surface area contributed by atoms with Gasteiger partial charge in [-0.1, -0.05) is 24.3 Å². The minimum absolute atomic E-state index is 0.0802. The summed E-state index contributed by atoms with van der Waals surface area (Å²) >= 11 is 0. The zero-order valence-corrected chi connectivity index (χ0v) is 21.6. The van der Waals surface area contributed by atoms with Crippen molar-refractivity contribution in [2.75, 3.05) is 25.5 Å². The van der Waals surface area contributed by atoms with Gasteiger partial charge in [-0.25, -0.2) is 19.7 Å². The Hall–Kier alpha value is -4.61. The summed E-state index contributed by atoms with van der Waals surface area (Å²) in [5, 5.41) is 12.5. The molecular formula is C28H27F3N6O3. The first kappa shape index (κ1) is 27.0. The third-order valence-corrected chi connectivity index (χ3v) is 6.86. The molecule has 1 aliphatic heterocycles. The zero-order chi connectivity index (χ0) is 28.3. The molecule has 40 heavy (non-hydrogen) atoms. The molecular weight excluding hydrogens is 525 g/mol. The van der Waals surface area contributed by atoms with Crippen LogP contribution in [0.5, 0.6) is 5.75 Å². The number of halogens is 3. The topological polar surface area (TPSA) is 116 Å². The highest BCUT2D eigenvalue weighted by Crippen LogP contribution is 2.37. The molecule has 0 atom stereocenters. The van der Waals surface area contributed by atoms with E-state index in [-0.39, 0.29) is 5.92 Å². The molecule has 2 aromatic carbocycles. The Morgan fingerprint density at radius 2 is 1.88 bits per heavy atom. The van der Waals surface area contributed by atoms with Crippen LogP contribution in [0.4, 0.5) is 23.9 Å². The number of hydrogen-bond donors (Lipinski definition) is 3. The van der Waals surface area contributed by atoms with Crippen LogP contribution in [0.1, 0.15) is 35.7 Å². The fraction of sp³-hybridized carbons (Fsp3) is 0.286. The number of H-pyrrole nitrogens is 1.